The molecule has 0 bridgehead atoms. The van der Waals surface area contributed by atoms with Crippen molar-refractivity contribution in [1.82, 2.24) is 5.32 Å². The van der Waals surface area contributed by atoms with Gasteiger partial charge in [-0.15, -0.1) is 0 Å². The summed E-state index contributed by atoms with van der Waals surface area (Å²) in [4.78, 5) is 22.2. The summed E-state index contributed by atoms with van der Waals surface area (Å²) in [6, 6.07) is -1.66. The van der Waals surface area contributed by atoms with Crippen LogP contribution in [0.2, 0.25) is 0 Å². The Morgan fingerprint density at radius 3 is 2.10 bits per heavy atom. The van der Waals surface area contributed by atoms with Crippen molar-refractivity contribution >= 4 is 12.1 Å². The molecule has 0 aromatic heterocycles. The minimum Gasteiger partial charge on any atom is -0.480 e. The second-order valence-corrected chi connectivity index (χ2v) is 5.25. The number of carbonyl (C=O) groups excluding carboxylic acids is 1. The van der Waals surface area contributed by atoms with E-state index in [2.05, 4.69) is 0 Å². The fourth-order valence-electron chi connectivity index (χ4n) is 1.29. The van der Waals surface area contributed by atoms with E-state index in [-0.39, 0.29) is 0 Å². The summed E-state index contributed by atoms with van der Waals surface area (Å²) in [7, 11) is 0. The van der Waals surface area contributed by atoms with Gasteiger partial charge in [-0.3, -0.25) is 0 Å². The highest BCUT2D eigenvalue weighted by Gasteiger charge is 2.34. The summed E-state index contributed by atoms with van der Waals surface area (Å²) >= 11 is 0. The molecular formula is C11H18F3NO5. The Kier molecular flexibility index (Phi) is 6.27. The van der Waals surface area contributed by atoms with Crippen molar-refractivity contribution in [2.24, 2.45) is 0 Å². The number of aliphatic hydroxyl groups is 1. The molecule has 0 aliphatic heterocycles. The second-order valence-electron chi connectivity index (χ2n) is 5.25. The molecule has 1 amide bonds. The molecule has 0 aliphatic carbocycles. The Bertz CT molecular complexity index is 351. The van der Waals surface area contributed by atoms with Gasteiger partial charge in [0, 0.05) is 6.42 Å². The van der Waals surface area contributed by atoms with Crippen LogP contribution in [0.5, 0.6) is 0 Å². The molecule has 0 aromatic carbocycles. The Balaban J connectivity index is 4.52. The van der Waals surface area contributed by atoms with Crippen LogP contribution in [-0.4, -0.2) is 46.2 Å². The largest absolute Gasteiger partial charge is 0.480 e. The number of aliphatic carboxylic acids is 1. The lowest BCUT2D eigenvalue weighted by molar-refractivity contribution is -0.157. The van der Waals surface area contributed by atoms with Crippen molar-refractivity contribution in [2.75, 3.05) is 0 Å². The van der Waals surface area contributed by atoms with Crippen LogP contribution in [0, 0.1) is 0 Å². The lowest BCUT2D eigenvalue weighted by atomic mass is 10.1. The molecule has 6 nitrogen and oxygen atoms in total. The topological polar surface area (TPSA) is 95.9 Å². The first-order chi connectivity index (χ1) is 8.80. The first-order valence-corrected chi connectivity index (χ1v) is 5.77. The van der Waals surface area contributed by atoms with E-state index in [1.54, 1.807) is 20.8 Å². The van der Waals surface area contributed by atoms with Gasteiger partial charge in [-0.2, -0.15) is 13.2 Å². The molecule has 9 heteroatoms. The molecule has 0 saturated carbocycles. The van der Waals surface area contributed by atoms with Crippen LogP contribution >= 0.6 is 0 Å². The predicted octanol–water partition coefficient (Wildman–Crippen LogP) is 1.67. The Hall–Kier alpha value is -1.51. The fourth-order valence-corrected chi connectivity index (χ4v) is 1.29. The number of hydrogen-bond acceptors (Lipinski definition) is 4. The molecule has 0 aromatic rings. The number of aliphatic hydroxyl groups excluding tert-OH is 1. The van der Waals surface area contributed by atoms with E-state index in [4.69, 9.17) is 9.84 Å². The lowest BCUT2D eigenvalue weighted by Gasteiger charge is -2.23. The molecule has 0 fully saturated rings. The van der Waals surface area contributed by atoms with Crippen molar-refractivity contribution < 1.29 is 37.7 Å². The summed E-state index contributed by atoms with van der Waals surface area (Å²) in [5.74, 6) is -1.56. The third-order valence-electron chi connectivity index (χ3n) is 1.96. The quantitative estimate of drug-likeness (QED) is 0.718. The van der Waals surface area contributed by atoms with E-state index in [1.807, 2.05) is 5.32 Å². The van der Waals surface area contributed by atoms with Crippen molar-refractivity contribution in [3.05, 3.63) is 0 Å². The smallest absolute Gasteiger partial charge is 0.408 e. The zero-order valence-corrected chi connectivity index (χ0v) is 11.3. The van der Waals surface area contributed by atoms with Crippen molar-refractivity contribution in [2.45, 2.75) is 57.5 Å². The van der Waals surface area contributed by atoms with Gasteiger partial charge >= 0.3 is 18.2 Å². The molecule has 118 valence electrons. The third kappa shape index (κ3) is 9.42. The summed E-state index contributed by atoms with van der Waals surface area (Å²) in [5.41, 5.74) is -0.877. The van der Waals surface area contributed by atoms with Crippen LogP contribution in [0.3, 0.4) is 0 Å². The Morgan fingerprint density at radius 1 is 1.25 bits per heavy atom. The summed E-state index contributed by atoms with van der Waals surface area (Å²) in [6.07, 6.45) is -9.94. The number of nitrogens with one attached hydrogen (secondary N) is 1. The number of halogens is 3. The highest BCUT2D eigenvalue weighted by molar-refractivity contribution is 5.80. The van der Waals surface area contributed by atoms with Crippen LogP contribution in [-0.2, 0) is 9.53 Å². The molecule has 0 heterocycles. The van der Waals surface area contributed by atoms with Crippen molar-refractivity contribution in [1.29, 1.82) is 0 Å². The maximum atomic E-state index is 12.0. The van der Waals surface area contributed by atoms with Crippen LogP contribution in [0.4, 0.5) is 18.0 Å². The number of carbonyl (C=O) groups is 2. The minimum atomic E-state index is -4.62. The van der Waals surface area contributed by atoms with Crippen molar-refractivity contribution in [3.63, 3.8) is 0 Å². The summed E-state index contributed by atoms with van der Waals surface area (Å²) in [5, 5.41) is 19.9. The third-order valence-corrected chi connectivity index (χ3v) is 1.96. The van der Waals surface area contributed by atoms with Crippen LogP contribution < -0.4 is 5.32 Å². The van der Waals surface area contributed by atoms with E-state index >= 15 is 0 Å². The normalized spacial score (nSPS) is 15.3. The monoisotopic (exact) mass is 301 g/mol. The second kappa shape index (κ2) is 6.78. The molecule has 2 atom stereocenters. The van der Waals surface area contributed by atoms with Gasteiger partial charge in [-0.1, -0.05) is 0 Å². The van der Waals surface area contributed by atoms with Crippen LogP contribution in [0.25, 0.3) is 0 Å². The minimum absolute atomic E-state index is 0.770. The summed E-state index contributed by atoms with van der Waals surface area (Å²) in [6.45, 7) is 4.63. The van der Waals surface area contributed by atoms with Gasteiger partial charge < -0.3 is 20.3 Å². The highest BCUT2D eigenvalue weighted by Crippen LogP contribution is 2.23. The van der Waals surface area contributed by atoms with Crippen LogP contribution in [0.15, 0.2) is 0 Å². The SMILES string of the molecule is CC(C)(C)OC(=O)NC(CC(O)CC(F)(F)F)C(=O)O. The molecule has 2 unspecified atom stereocenters. The van der Waals surface area contributed by atoms with E-state index in [0.717, 1.165) is 0 Å². The number of carboxylic acids is 1. The maximum absolute atomic E-state index is 12.0. The molecule has 0 aliphatic rings. The maximum Gasteiger partial charge on any atom is 0.408 e. The highest BCUT2D eigenvalue weighted by atomic mass is 19.4. The number of hydrogen-bond donors (Lipinski definition) is 3. The molecule has 0 spiro atoms. The van der Waals surface area contributed by atoms with Gasteiger partial charge in [0.25, 0.3) is 0 Å². The standard InChI is InChI=1S/C11H18F3NO5/c1-10(2,3)20-9(19)15-7(8(17)18)4-6(16)5-11(12,13)14/h6-7,16H,4-5H2,1-3H3,(H,15,19)(H,17,18). The van der Waals surface area contributed by atoms with Crippen LogP contribution in [0.1, 0.15) is 33.6 Å². The number of amides is 1. The number of carboxylic acid groups (broad SMARTS) is 1. The summed E-state index contributed by atoms with van der Waals surface area (Å²) < 4.78 is 40.9. The lowest BCUT2D eigenvalue weighted by Crippen LogP contribution is -2.45. The molecule has 0 radical (unpaired) electrons. The van der Waals surface area contributed by atoms with Crippen molar-refractivity contribution in [3.8, 4) is 0 Å². The van der Waals surface area contributed by atoms with Gasteiger partial charge in [0.05, 0.1) is 12.5 Å². The van der Waals surface area contributed by atoms with E-state index < -0.39 is 48.8 Å². The molecule has 3 N–H and O–H groups in total. The number of rotatable bonds is 5. The van der Waals surface area contributed by atoms with Gasteiger partial charge in [-0.25, -0.2) is 9.59 Å². The van der Waals surface area contributed by atoms with Gasteiger partial charge in [0.2, 0.25) is 0 Å². The zero-order chi connectivity index (χ0) is 16.1. The van der Waals surface area contributed by atoms with E-state index in [1.165, 1.54) is 0 Å². The average Bonchev–Trinajstić information content (AvgIpc) is 2.09. The zero-order valence-electron chi connectivity index (χ0n) is 11.3. The number of alkyl halides is 3. The number of ether oxygens (including phenoxy) is 1. The fraction of sp³-hybridized carbons (Fsp3) is 0.818. The molecule has 20 heavy (non-hydrogen) atoms. The van der Waals surface area contributed by atoms with E-state index in [0.29, 0.717) is 0 Å². The molecule has 0 rings (SSSR count). The average molecular weight is 301 g/mol. The predicted molar refractivity (Wildman–Crippen MR) is 62.1 cm³/mol. The van der Waals surface area contributed by atoms with Gasteiger partial charge in [0.1, 0.15) is 11.6 Å². The Morgan fingerprint density at radius 2 is 1.75 bits per heavy atom. The van der Waals surface area contributed by atoms with Gasteiger partial charge in [0.15, 0.2) is 0 Å². The molecular weight excluding hydrogens is 283 g/mol. The first kappa shape index (κ1) is 18.5. The Labute approximate surface area is 113 Å². The van der Waals surface area contributed by atoms with Gasteiger partial charge in [-0.05, 0) is 20.8 Å². The molecule has 0 saturated heterocycles. The number of alkyl carbamates (subject to hydrolysis) is 1. The first-order valence-electron chi connectivity index (χ1n) is 5.77. The van der Waals surface area contributed by atoms with E-state index in [9.17, 15) is 27.9 Å².